The highest BCUT2D eigenvalue weighted by Gasteiger charge is 2.30. The van der Waals surface area contributed by atoms with E-state index in [0.29, 0.717) is 6.61 Å². The first-order valence-corrected chi connectivity index (χ1v) is 3.86. The molecule has 0 saturated carbocycles. The van der Waals surface area contributed by atoms with Crippen LogP contribution < -0.4 is 0 Å². The molecule has 3 nitrogen and oxygen atoms in total. The van der Waals surface area contributed by atoms with Gasteiger partial charge in [0, 0.05) is 15.5 Å². The topological polar surface area (TPSA) is 38.7 Å². The minimum Gasteiger partial charge on any atom is -0.390 e. The van der Waals surface area contributed by atoms with Crippen LogP contribution in [0, 0.1) is 0 Å². The second kappa shape index (κ2) is 3.68. The Balaban J connectivity index is 2.31. The third-order valence-corrected chi connectivity index (χ3v) is 1.86. The normalized spacial score (nSPS) is 40.4. The molecule has 1 heterocycles. The second-order valence-electron chi connectivity index (χ2n) is 2.62. The van der Waals surface area contributed by atoms with Gasteiger partial charge in [0.2, 0.25) is 0 Å². The fraction of sp³-hybridized carbons (Fsp3) is 1.00. The third-order valence-electron chi connectivity index (χ3n) is 1.67. The van der Waals surface area contributed by atoms with E-state index in [2.05, 4.69) is 9.47 Å². The highest BCUT2D eigenvalue weighted by atomic mass is 31.0. The number of hydrogen-bond donors (Lipinski definition) is 1. The van der Waals surface area contributed by atoms with Crippen molar-refractivity contribution in [2.45, 2.75) is 24.6 Å². The van der Waals surface area contributed by atoms with Crippen LogP contribution in [0.4, 0.5) is 0 Å². The lowest BCUT2D eigenvalue weighted by Crippen LogP contribution is -2.24. The van der Waals surface area contributed by atoms with Crippen molar-refractivity contribution in [2.24, 2.45) is 0 Å². The van der Waals surface area contributed by atoms with Crippen LogP contribution in [0.25, 0.3) is 0 Å². The van der Waals surface area contributed by atoms with Crippen LogP contribution in [0.1, 0.15) is 6.42 Å². The highest BCUT2D eigenvalue weighted by Crippen LogP contribution is 2.18. The number of hydrogen-bond acceptors (Lipinski definition) is 3. The molecule has 58 valence electrons. The summed E-state index contributed by atoms with van der Waals surface area (Å²) in [5.41, 5.74) is 0. The largest absolute Gasteiger partial charge is 0.390 e. The fourth-order valence-corrected chi connectivity index (χ4v) is 1.37. The molecule has 0 spiro atoms. The lowest BCUT2D eigenvalue weighted by molar-refractivity contribution is 0.00671. The zero-order chi connectivity index (χ0) is 7.56. The van der Waals surface area contributed by atoms with Gasteiger partial charge in [-0.15, -0.1) is 0 Å². The van der Waals surface area contributed by atoms with Gasteiger partial charge in [0.15, 0.2) is 0 Å². The van der Waals surface area contributed by atoms with Crippen molar-refractivity contribution in [1.82, 2.24) is 0 Å². The van der Waals surface area contributed by atoms with Crippen LogP contribution in [0.15, 0.2) is 0 Å². The molecule has 0 aromatic heterocycles. The predicted molar refractivity (Wildman–Crippen MR) is 43.5 cm³/mol. The van der Waals surface area contributed by atoms with Crippen LogP contribution >= 0.6 is 9.47 Å². The molecule has 0 aliphatic carbocycles. The summed E-state index contributed by atoms with van der Waals surface area (Å²) in [6.07, 6.45) is 0.238. The Morgan fingerprint density at radius 1 is 1.80 bits per heavy atom. The van der Waals surface area contributed by atoms with E-state index in [1.54, 1.807) is 0 Å². The molecule has 1 rings (SSSR count). The molecule has 10 heavy (non-hydrogen) atoms. The van der Waals surface area contributed by atoms with Gasteiger partial charge in [0.25, 0.3) is 0 Å². The van der Waals surface area contributed by atoms with E-state index < -0.39 is 0 Å². The molecule has 1 fully saturated rings. The first kappa shape index (κ1) is 8.47. The molecule has 0 aromatic carbocycles. The number of rotatable bonds is 2. The predicted octanol–water partition coefficient (Wildman–Crippen LogP) is -1.10. The van der Waals surface area contributed by atoms with Gasteiger partial charge in [-0.25, -0.2) is 0 Å². The Morgan fingerprint density at radius 3 is 2.90 bits per heavy atom. The molecule has 0 amide bonds. The van der Waals surface area contributed by atoms with Crippen LogP contribution in [0.2, 0.25) is 0 Å². The SMILES string of the molecule is B[C@@H]1CC(O)[C@H](COP)O1. The summed E-state index contributed by atoms with van der Waals surface area (Å²) in [7, 11) is 4.10. The summed E-state index contributed by atoms with van der Waals surface area (Å²) in [5, 5.41) is 9.28. The molecule has 1 saturated heterocycles. The van der Waals surface area contributed by atoms with E-state index in [1.807, 2.05) is 7.85 Å². The Morgan fingerprint density at radius 2 is 2.50 bits per heavy atom. The maximum atomic E-state index is 9.28. The molecule has 4 atom stereocenters. The van der Waals surface area contributed by atoms with E-state index in [9.17, 15) is 5.11 Å². The quantitative estimate of drug-likeness (QED) is 0.413. The Hall–Kier alpha value is 0.375. The zero-order valence-electron chi connectivity index (χ0n) is 5.99. The molecule has 0 bridgehead atoms. The van der Waals surface area contributed by atoms with E-state index in [1.165, 1.54) is 0 Å². The van der Waals surface area contributed by atoms with Crippen LogP contribution in [0.3, 0.4) is 0 Å². The molecule has 1 N–H and O–H groups in total. The van der Waals surface area contributed by atoms with Gasteiger partial charge in [-0.1, -0.05) is 0 Å². The van der Waals surface area contributed by atoms with Gasteiger partial charge < -0.3 is 14.4 Å². The number of ether oxygens (including phenoxy) is 1. The van der Waals surface area contributed by atoms with E-state index >= 15 is 0 Å². The summed E-state index contributed by atoms with van der Waals surface area (Å²) < 4.78 is 10.1. The van der Waals surface area contributed by atoms with Gasteiger partial charge in [-0.2, -0.15) is 0 Å². The standard InChI is InChI=1S/C5H12BO3P/c6-5-1-3(7)4(9-5)2-8-10/h3-5,7H,1-2,6,10H2/t3?,4-,5-/m0/s1. The minimum absolute atomic E-state index is 0.132. The average Bonchev–Trinajstić information content (AvgIpc) is 2.13. The van der Waals surface area contributed by atoms with Crippen molar-refractivity contribution in [2.75, 3.05) is 6.61 Å². The van der Waals surface area contributed by atoms with Gasteiger partial charge in [-0.05, 0) is 6.42 Å². The summed E-state index contributed by atoms with van der Waals surface area (Å²) in [6, 6.07) is 0.167. The van der Waals surface area contributed by atoms with Crippen molar-refractivity contribution >= 4 is 17.3 Å². The molecular formula is C5H12BO3P. The van der Waals surface area contributed by atoms with E-state index in [4.69, 9.17) is 9.26 Å². The Labute approximate surface area is 63.8 Å². The molecular weight excluding hydrogens is 150 g/mol. The Bertz CT molecular complexity index is 113. The second-order valence-corrected chi connectivity index (χ2v) is 2.95. The van der Waals surface area contributed by atoms with Crippen molar-refractivity contribution in [3.63, 3.8) is 0 Å². The summed E-state index contributed by atoms with van der Waals surface area (Å²) in [4.78, 5) is 0. The maximum Gasteiger partial charge on any atom is 0.139 e. The lowest BCUT2D eigenvalue weighted by Gasteiger charge is -2.11. The van der Waals surface area contributed by atoms with Crippen molar-refractivity contribution in [3.05, 3.63) is 0 Å². The van der Waals surface area contributed by atoms with Crippen LogP contribution in [-0.2, 0) is 9.26 Å². The number of aliphatic hydroxyl groups is 1. The van der Waals surface area contributed by atoms with Gasteiger partial charge in [0.05, 0.1) is 12.7 Å². The van der Waals surface area contributed by atoms with Crippen molar-refractivity contribution < 1.29 is 14.4 Å². The fourth-order valence-electron chi connectivity index (χ4n) is 1.18. The molecule has 0 radical (unpaired) electrons. The van der Waals surface area contributed by atoms with Gasteiger partial charge >= 0.3 is 0 Å². The first-order chi connectivity index (χ1) is 4.74. The van der Waals surface area contributed by atoms with Gasteiger partial charge in [-0.3, -0.25) is 0 Å². The van der Waals surface area contributed by atoms with Gasteiger partial charge in [0.1, 0.15) is 14.0 Å². The van der Waals surface area contributed by atoms with Crippen molar-refractivity contribution in [3.8, 4) is 0 Å². The van der Waals surface area contributed by atoms with Crippen LogP contribution in [0.5, 0.6) is 0 Å². The van der Waals surface area contributed by atoms with E-state index in [0.717, 1.165) is 6.42 Å². The average molecular weight is 162 g/mol. The molecule has 5 heteroatoms. The summed E-state index contributed by atoms with van der Waals surface area (Å²) in [6.45, 7) is 0.455. The molecule has 0 aromatic rings. The minimum atomic E-state index is -0.351. The number of aliphatic hydroxyl groups excluding tert-OH is 1. The highest BCUT2D eigenvalue weighted by molar-refractivity contribution is 7.09. The molecule has 2 unspecified atom stereocenters. The lowest BCUT2D eigenvalue weighted by atomic mass is 9.96. The third kappa shape index (κ3) is 1.93. The zero-order valence-corrected chi connectivity index (χ0v) is 7.14. The molecule has 1 aliphatic rings. The molecule has 1 aliphatic heterocycles. The smallest absolute Gasteiger partial charge is 0.139 e. The maximum absolute atomic E-state index is 9.28. The first-order valence-electron chi connectivity index (χ1n) is 3.39. The summed E-state index contributed by atoms with van der Waals surface area (Å²) in [5.74, 6) is 0. The Kier molecular flexibility index (Phi) is 3.11. The van der Waals surface area contributed by atoms with Crippen molar-refractivity contribution in [1.29, 1.82) is 0 Å². The monoisotopic (exact) mass is 162 g/mol. The summed E-state index contributed by atoms with van der Waals surface area (Å²) >= 11 is 0. The van der Waals surface area contributed by atoms with E-state index in [-0.39, 0.29) is 18.2 Å². The van der Waals surface area contributed by atoms with Crippen LogP contribution in [-0.4, -0.2) is 37.8 Å².